The van der Waals surface area contributed by atoms with Crippen molar-refractivity contribution >= 4 is 11.7 Å². The molecule has 6 heteroatoms. The lowest BCUT2D eigenvalue weighted by Crippen LogP contribution is -2.48. The maximum Gasteiger partial charge on any atom is 0.319 e. The molecule has 0 spiro atoms. The fourth-order valence-electron chi connectivity index (χ4n) is 2.56. The zero-order valence-electron chi connectivity index (χ0n) is 12.5. The largest absolute Gasteiger partial charge is 0.388 e. The average Bonchev–Trinajstić information content (AvgIpc) is 2.89. The van der Waals surface area contributed by atoms with E-state index >= 15 is 0 Å². The van der Waals surface area contributed by atoms with Crippen LogP contribution in [-0.2, 0) is 7.05 Å². The minimum atomic E-state index is -0.716. The highest BCUT2D eigenvalue weighted by atomic mass is 16.3. The molecule has 3 rings (SSSR count). The number of imidazole rings is 1. The Balaban J connectivity index is 1.63. The lowest BCUT2D eigenvalue weighted by molar-refractivity contribution is -0.0287. The zero-order valence-corrected chi connectivity index (χ0v) is 12.5. The third-order valence-corrected chi connectivity index (χ3v) is 4.06. The summed E-state index contributed by atoms with van der Waals surface area (Å²) in [5, 5.41) is 15.5. The molecule has 2 aromatic rings. The van der Waals surface area contributed by atoms with Crippen LogP contribution >= 0.6 is 0 Å². The van der Waals surface area contributed by atoms with Gasteiger partial charge in [0, 0.05) is 37.2 Å². The molecule has 6 nitrogen and oxygen atoms in total. The van der Waals surface area contributed by atoms with Crippen LogP contribution in [0.5, 0.6) is 0 Å². The second-order valence-electron chi connectivity index (χ2n) is 5.83. The molecule has 116 valence electrons. The van der Waals surface area contributed by atoms with Crippen LogP contribution in [0.15, 0.2) is 36.7 Å². The molecule has 1 aliphatic rings. The van der Waals surface area contributed by atoms with Gasteiger partial charge < -0.3 is 20.3 Å². The van der Waals surface area contributed by atoms with Gasteiger partial charge in [0.1, 0.15) is 5.82 Å². The van der Waals surface area contributed by atoms with Crippen LogP contribution in [0, 0.1) is 0 Å². The van der Waals surface area contributed by atoms with Crippen molar-refractivity contribution in [3.63, 3.8) is 0 Å². The number of nitrogens with zero attached hydrogens (tertiary/aromatic N) is 2. The Hall–Kier alpha value is -2.34. The van der Waals surface area contributed by atoms with Crippen LogP contribution < -0.4 is 10.6 Å². The highest BCUT2D eigenvalue weighted by Crippen LogP contribution is 2.30. The first-order chi connectivity index (χ1) is 10.6. The second-order valence-corrected chi connectivity index (χ2v) is 5.83. The smallest absolute Gasteiger partial charge is 0.319 e. The van der Waals surface area contributed by atoms with E-state index in [2.05, 4.69) is 15.6 Å². The number of aliphatic hydroxyl groups is 1. The summed E-state index contributed by atoms with van der Waals surface area (Å²) in [5.74, 6) is 0.841. The zero-order chi connectivity index (χ0) is 15.6. The monoisotopic (exact) mass is 300 g/mol. The summed E-state index contributed by atoms with van der Waals surface area (Å²) in [4.78, 5) is 16.2. The number of carbonyl (C=O) groups excluding carboxylic acids is 1. The normalized spacial score (nSPS) is 15.9. The molecule has 0 radical (unpaired) electrons. The molecule has 1 heterocycles. The predicted molar refractivity (Wildman–Crippen MR) is 84.5 cm³/mol. The fourth-order valence-corrected chi connectivity index (χ4v) is 2.56. The number of benzene rings is 1. The van der Waals surface area contributed by atoms with Crippen LogP contribution in [0.3, 0.4) is 0 Å². The van der Waals surface area contributed by atoms with E-state index in [1.54, 1.807) is 6.20 Å². The summed E-state index contributed by atoms with van der Waals surface area (Å²) >= 11 is 0. The van der Waals surface area contributed by atoms with Gasteiger partial charge in [0.25, 0.3) is 0 Å². The van der Waals surface area contributed by atoms with Gasteiger partial charge in [0.05, 0.1) is 5.60 Å². The minimum absolute atomic E-state index is 0.290. The summed E-state index contributed by atoms with van der Waals surface area (Å²) in [6, 6.07) is 7.21. The third kappa shape index (κ3) is 3.12. The van der Waals surface area contributed by atoms with Gasteiger partial charge in [0.15, 0.2) is 0 Å². The Labute approximate surface area is 129 Å². The van der Waals surface area contributed by atoms with Crippen molar-refractivity contribution in [3.8, 4) is 11.4 Å². The molecule has 0 bridgehead atoms. The minimum Gasteiger partial charge on any atom is -0.388 e. The van der Waals surface area contributed by atoms with Crippen molar-refractivity contribution in [1.29, 1.82) is 0 Å². The third-order valence-electron chi connectivity index (χ3n) is 4.06. The number of hydrogen-bond donors (Lipinski definition) is 3. The van der Waals surface area contributed by atoms with E-state index in [1.807, 2.05) is 42.1 Å². The van der Waals surface area contributed by atoms with Crippen LogP contribution in [0.1, 0.15) is 19.3 Å². The summed E-state index contributed by atoms with van der Waals surface area (Å²) in [5.41, 5.74) is 0.910. The van der Waals surface area contributed by atoms with Gasteiger partial charge in [-0.05, 0) is 31.4 Å². The topological polar surface area (TPSA) is 79.2 Å². The molecule has 1 aliphatic carbocycles. The number of hydrogen-bond acceptors (Lipinski definition) is 3. The molecule has 1 saturated carbocycles. The Bertz CT molecular complexity index is 676. The first-order valence-corrected chi connectivity index (χ1v) is 7.41. The summed E-state index contributed by atoms with van der Waals surface area (Å²) in [7, 11) is 1.93. The maximum atomic E-state index is 11.9. The van der Waals surface area contributed by atoms with Crippen LogP contribution in [0.25, 0.3) is 11.4 Å². The number of aromatic nitrogens is 2. The molecular weight excluding hydrogens is 280 g/mol. The van der Waals surface area contributed by atoms with Crippen molar-refractivity contribution in [1.82, 2.24) is 14.9 Å². The number of carbonyl (C=O) groups is 1. The highest BCUT2D eigenvalue weighted by Gasteiger charge is 2.34. The molecule has 0 atom stereocenters. The van der Waals surface area contributed by atoms with Gasteiger partial charge in [-0.3, -0.25) is 0 Å². The Morgan fingerprint density at radius 1 is 1.45 bits per heavy atom. The summed E-state index contributed by atoms with van der Waals surface area (Å²) < 4.78 is 1.92. The lowest BCUT2D eigenvalue weighted by Gasteiger charge is -2.36. The molecule has 1 aromatic heterocycles. The van der Waals surface area contributed by atoms with Crippen LogP contribution in [0.4, 0.5) is 10.5 Å². The van der Waals surface area contributed by atoms with Crippen molar-refractivity contribution in [2.24, 2.45) is 7.05 Å². The van der Waals surface area contributed by atoms with E-state index in [-0.39, 0.29) is 12.6 Å². The number of anilines is 1. The van der Waals surface area contributed by atoms with Crippen molar-refractivity contribution < 1.29 is 9.90 Å². The van der Waals surface area contributed by atoms with E-state index in [4.69, 9.17) is 0 Å². The van der Waals surface area contributed by atoms with Gasteiger partial charge in [-0.25, -0.2) is 9.78 Å². The molecule has 0 aliphatic heterocycles. The van der Waals surface area contributed by atoms with Crippen molar-refractivity contribution in [2.75, 3.05) is 11.9 Å². The average molecular weight is 300 g/mol. The van der Waals surface area contributed by atoms with Gasteiger partial charge in [-0.2, -0.15) is 0 Å². The quantitative estimate of drug-likeness (QED) is 0.809. The van der Waals surface area contributed by atoms with Gasteiger partial charge >= 0.3 is 6.03 Å². The second kappa shape index (κ2) is 5.81. The molecule has 0 unspecified atom stereocenters. The summed E-state index contributed by atoms with van der Waals surface area (Å²) in [6.07, 6.45) is 6.14. The lowest BCUT2D eigenvalue weighted by atomic mass is 9.80. The van der Waals surface area contributed by atoms with Crippen LogP contribution in [0.2, 0.25) is 0 Å². The van der Waals surface area contributed by atoms with Crippen LogP contribution in [-0.4, -0.2) is 32.8 Å². The molecule has 3 N–H and O–H groups in total. The van der Waals surface area contributed by atoms with Crippen molar-refractivity contribution in [3.05, 3.63) is 36.7 Å². The van der Waals surface area contributed by atoms with E-state index in [1.165, 1.54) is 0 Å². The van der Waals surface area contributed by atoms with Crippen molar-refractivity contribution in [2.45, 2.75) is 24.9 Å². The molecular formula is C16H20N4O2. The molecule has 1 fully saturated rings. The fraction of sp³-hybridized carbons (Fsp3) is 0.375. The maximum absolute atomic E-state index is 11.9. The Kier molecular flexibility index (Phi) is 3.85. The molecule has 1 aromatic carbocycles. The van der Waals surface area contributed by atoms with Gasteiger partial charge in [0.2, 0.25) is 0 Å². The number of urea groups is 1. The standard InChI is InChI=1S/C16H20N4O2/c1-20-9-8-17-14(20)12-4-2-5-13(10-12)19-15(21)18-11-16(22)6-3-7-16/h2,4-5,8-10,22H,3,6-7,11H2,1H3,(H2,18,19,21). The van der Waals surface area contributed by atoms with E-state index in [9.17, 15) is 9.90 Å². The molecule has 22 heavy (non-hydrogen) atoms. The van der Waals surface area contributed by atoms with Gasteiger partial charge in [-0.15, -0.1) is 0 Å². The Morgan fingerprint density at radius 3 is 2.91 bits per heavy atom. The van der Waals surface area contributed by atoms with E-state index in [0.717, 1.165) is 30.7 Å². The molecule has 0 saturated heterocycles. The number of rotatable bonds is 4. The predicted octanol–water partition coefficient (Wildman–Crippen LogP) is 2.12. The molecule has 2 amide bonds. The SMILES string of the molecule is Cn1ccnc1-c1cccc(NC(=O)NCC2(O)CCC2)c1. The summed E-state index contributed by atoms with van der Waals surface area (Å²) in [6.45, 7) is 0.290. The van der Waals surface area contributed by atoms with Gasteiger partial charge in [-0.1, -0.05) is 12.1 Å². The Morgan fingerprint density at radius 2 is 2.27 bits per heavy atom. The number of nitrogens with one attached hydrogen (secondary N) is 2. The first kappa shape index (κ1) is 14.6. The number of amides is 2. The van der Waals surface area contributed by atoms with E-state index in [0.29, 0.717) is 5.69 Å². The number of aryl methyl sites for hydroxylation is 1. The first-order valence-electron chi connectivity index (χ1n) is 7.41. The highest BCUT2D eigenvalue weighted by molar-refractivity contribution is 5.90. The van der Waals surface area contributed by atoms with E-state index < -0.39 is 5.60 Å².